The van der Waals surface area contributed by atoms with Gasteiger partial charge in [0.1, 0.15) is 0 Å². The molecule has 1 aromatic carbocycles. The van der Waals surface area contributed by atoms with Crippen LogP contribution in [-0.4, -0.2) is 10.9 Å². The molecule has 0 saturated heterocycles. The highest BCUT2D eigenvalue weighted by Crippen LogP contribution is 2.11. The number of hydrogen-bond donors (Lipinski definition) is 2. The van der Waals surface area contributed by atoms with Gasteiger partial charge < -0.3 is 10.6 Å². The van der Waals surface area contributed by atoms with Crippen molar-refractivity contribution in [1.82, 2.24) is 10.6 Å². The molecule has 0 bridgehead atoms. The first-order valence-corrected chi connectivity index (χ1v) is 7.61. The normalized spacial score (nSPS) is 11.7. The molecular weight excluding hydrogens is 288 g/mol. The van der Waals surface area contributed by atoms with Crippen molar-refractivity contribution >= 4 is 34.5 Å². The van der Waals surface area contributed by atoms with Crippen molar-refractivity contribution in [3.8, 4) is 0 Å². The van der Waals surface area contributed by atoms with Crippen molar-refractivity contribution < 1.29 is 4.79 Å². The van der Waals surface area contributed by atoms with E-state index in [1.807, 2.05) is 54.8 Å². The van der Waals surface area contributed by atoms with Crippen LogP contribution in [-0.2, 0) is 11.3 Å². The molecule has 2 aromatic rings. The molecule has 0 aliphatic carbocycles. The van der Waals surface area contributed by atoms with Crippen LogP contribution in [0.3, 0.4) is 0 Å². The van der Waals surface area contributed by atoms with Crippen molar-refractivity contribution in [2.75, 3.05) is 0 Å². The third-order valence-corrected chi connectivity index (χ3v) is 4.04. The molecule has 0 aliphatic heterocycles. The number of thiophene rings is 1. The van der Waals surface area contributed by atoms with Crippen LogP contribution < -0.4 is 10.6 Å². The van der Waals surface area contributed by atoms with Gasteiger partial charge in [0.15, 0.2) is 4.99 Å². The fraction of sp³-hybridized carbons (Fsp3) is 0.200. The smallest absolute Gasteiger partial charge is 0.278 e. The molecule has 104 valence electrons. The van der Waals surface area contributed by atoms with Crippen LogP contribution in [0.2, 0.25) is 0 Å². The minimum absolute atomic E-state index is 0.0104. The number of amides is 1. The Balaban J connectivity index is 1.83. The largest absolute Gasteiger partial charge is 0.365 e. The van der Waals surface area contributed by atoms with Crippen LogP contribution in [0.5, 0.6) is 0 Å². The number of hydrogen-bond acceptors (Lipinski definition) is 3. The van der Waals surface area contributed by atoms with Gasteiger partial charge in [-0.05, 0) is 23.9 Å². The van der Waals surface area contributed by atoms with E-state index in [2.05, 4.69) is 10.6 Å². The average Bonchev–Trinajstić information content (AvgIpc) is 2.98. The molecule has 0 fully saturated rings. The maximum Gasteiger partial charge on any atom is 0.278 e. The molecule has 0 aliphatic rings. The minimum Gasteiger partial charge on any atom is -0.365 e. The lowest BCUT2D eigenvalue weighted by molar-refractivity contribution is -0.115. The predicted molar refractivity (Wildman–Crippen MR) is 86.8 cm³/mol. The monoisotopic (exact) mass is 304 g/mol. The summed E-state index contributed by atoms with van der Waals surface area (Å²) in [4.78, 5) is 13.2. The summed E-state index contributed by atoms with van der Waals surface area (Å²) in [5, 5.41) is 7.84. The van der Waals surface area contributed by atoms with Crippen LogP contribution in [0, 0.1) is 0 Å². The zero-order valence-corrected chi connectivity index (χ0v) is 12.8. The van der Waals surface area contributed by atoms with Gasteiger partial charge in [-0.15, -0.1) is 11.3 Å². The Morgan fingerprint density at radius 2 is 2.00 bits per heavy atom. The van der Waals surface area contributed by atoms with Gasteiger partial charge in [-0.3, -0.25) is 4.79 Å². The Morgan fingerprint density at radius 1 is 1.25 bits per heavy atom. The zero-order valence-electron chi connectivity index (χ0n) is 11.1. The van der Waals surface area contributed by atoms with Gasteiger partial charge in [-0.2, -0.15) is 0 Å². The van der Waals surface area contributed by atoms with E-state index in [1.165, 1.54) is 0 Å². The van der Waals surface area contributed by atoms with Crippen LogP contribution in [0.4, 0.5) is 0 Å². The summed E-state index contributed by atoms with van der Waals surface area (Å²) in [5.74, 6) is -0.240. The van der Waals surface area contributed by atoms with E-state index in [0.29, 0.717) is 6.54 Å². The Labute approximate surface area is 128 Å². The molecular formula is C15H16N2OS2. The third-order valence-electron chi connectivity index (χ3n) is 2.86. The number of carbonyl (C=O) groups is 1. The molecule has 20 heavy (non-hydrogen) atoms. The van der Waals surface area contributed by atoms with Gasteiger partial charge in [0.05, 0.1) is 6.54 Å². The molecule has 1 heterocycles. The molecule has 2 rings (SSSR count). The van der Waals surface area contributed by atoms with Crippen molar-refractivity contribution in [2.45, 2.75) is 19.5 Å². The Bertz CT molecular complexity index is 567. The number of carbonyl (C=O) groups excluding carboxylic acids is 1. The summed E-state index contributed by atoms with van der Waals surface area (Å²) in [6, 6.07) is 13.8. The van der Waals surface area contributed by atoms with Gasteiger partial charge in [0.25, 0.3) is 5.91 Å². The summed E-state index contributed by atoms with van der Waals surface area (Å²) in [5.41, 5.74) is 1.10. The standard InChI is InChI=1S/C15H16N2OS2/c1-11(12-6-3-2-4-7-12)17-15(19)14(18)16-10-13-8-5-9-20-13/h2-9,11H,10H2,1H3,(H,16,18)(H,17,19). The lowest BCUT2D eigenvalue weighted by Gasteiger charge is -2.15. The Kier molecular flexibility index (Phi) is 5.26. The van der Waals surface area contributed by atoms with Gasteiger partial charge in [0.2, 0.25) is 0 Å². The Hall–Kier alpha value is -1.72. The average molecular weight is 304 g/mol. The minimum atomic E-state index is -0.240. The molecule has 1 amide bonds. The molecule has 3 nitrogen and oxygen atoms in total. The van der Waals surface area contributed by atoms with Gasteiger partial charge in [-0.1, -0.05) is 48.6 Å². The SMILES string of the molecule is CC(NC(=S)C(=O)NCc1cccs1)c1ccccc1. The maximum absolute atomic E-state index is 11.9. The summed E-state index contributed by atoms with van der Waals surface area (Å²) >= 11 is 6.74. The lowest BCUT2D eigenvalue weighted by Crippen LogP contribution is -2.39. The summed E-state index contributed by atoms with van der Waals surface area (Å²) < 4.78 is 0. The highest BCUT2D eigenvalue weighted by atomic mass is 32.1. The number of thiocarbonyl (C=S) groups is 1. The van der Waals surface area contributed by atoms with E-state index in [9.17, 15) is 4.79 Å². The van der Waals surface area contributed by atoms with E-state index in [-0.39, 0.29) is 16.9 Å². The second-order valence-corrected chi connectivity index (χ2v) is 5.81. The van der Waals surface area contributed by atoms with E-state index >= 15 is 0 Å². The fourth-order valence-electron chi connectivity index (χ4n) is 1.75. The summed E-state index contributed by atoms with van der Waals surface area (Å²) in [6.45, 7) is 2.49. The lowest BCUT2D eigenvalue weighted by atomic mass is 10.1. The number of rotatable bonds is 4. The number of benzene rings is 1. The topological polar surface area (TPSA) is 41.1 Å². The van der Waals surface area contributed by atoms with Gasteiger partial charge in [0, 0.05) is 10.9 Å². The molecule has 1 atom stereocenters. The molecule has 0 spiro atoms. The molecule has 2 N–H and O–H groups in total. The quantitative estimate of drug-likeness (QED) is 0.853. The van der Waals surface area contributed by atoms with Crippen LogP contribution in [0.15, 0.2) is 47.8 Å². The van der Waals surface area contributed by atoms with Crippen molar-refractivity contribution in [3.63, 3.8) is 0 Å². The zero-order chi connectivity index (χ0) is 14.4. The first kappa shape index (κ1) is 14.7. The Morgan fingerprint density at radius 3 is 2.65 bits per heavy atom. The molecule has 1 unspecified atom stereocenters. The highest BCUT2D eigenvalue weighted by molar-refractivity contribution is 7.82. The summed E-state index contributed by atoms with van der Waals surface area (Å²) in [6.07, 6.45) is 0. The van der Waals surface area contributed by atoms with Crippen LogP contribution in [0.1, 0.15) is 23.4 Å². The molecule has 0 saturated carbocycles. The second kappa shape index (κ2) is 7.17. The van der Waals surface area contributed by atoms with E-state index in [1.54, 1.807) is 11.3 Å². The first-order valence-electron chi connectivity index (χ1n) is 6.33. The van der Waals surface area contributed by atoms with Crippen LogP contribution in [0.25, 0.3) is 0 Å². The van der Waals surface area contributed by atoms with Crippen molar-refractivity contribution in [3.05, 3.63) is 58.3 Å². The maximum atomic E-state index is 11.9. The van der Waals surface area contributed by atoms with E-state index < -0.39 is 0 Å². The highest BCUT2D eigenvalue weighted by Gasteiger charge is 2.12. The molecule has 5 heteroatoms. The number of nitrogens with one attached hydrogen (secondary N) is 2. The fourth-order valence-corrected chi connectivity index (χ4v) is 2.64. The van der Waals surface area contributed by atoms with E-state index in [0.717, 1.165) is 10.4 Å². The van der Waals surface area contributed by atoms with Crippen molar-refractivity contribution in [2.24, 2.45) is 0 Å². The van der Waals surface area contributed by atoms with Crippen LogP contribution >= 0.6 is 23.6 Å². The van der Waals surface area contributed by atoms with E-state index in [4.69, 9.17) is 12.2 Å². The molecule has 1 aromatic heterocycles. The summed E-state index contributed by atoms with van der Waals surface area (Å²) in [7, 11) is 0. The third kappa shape index (κ3) is 4.15. The second-order valence-electron chi connectivity index (χ2n) is 4.37. The van der Waals surface area contributed by atoms with Gasteiger partial charge >= 0.3 is 0 Å². The first-order chi connectivity index (χ1) is 9.66. The van der Waals surface area contributed by atoms with Crippen molar-refractivity contribution in [1.29, 1.82) is 0 Å². The predicted octanol–water partition coefficient (Wildman–Crippen LogP) is 3.04. The molecule has 0 radical (unpaired) electrons. The van der Waals surface area contributed by atoms with Gasteiger partial charge in [-0.25, -0.2) is 0 Å².